The van der Waals surface area contributed by atoms with Crippen molar-refractivity contribution in [3.05, 3.63) is 34.4 Å². The van der Waals surface area contributed by atoms with Crippen LogP contribution in [0, 0.1) is 11.3 Å². The lowest BCUT2D eigenvalue weighted by atomic mass is 10.1. The highest BCUT2D eigenvalue weighted by molar-refractivity contribution is 8.02. The first-order valence-electron chi connectivity index (χ1n) is 3.76. The van der Waals surface area contributed by atoms with Crippen molar-refractivity contribution >= 4 is 11.8 Å². The van der Waals surface area contributed by atoms with Crippen LogP contribution >= 0.6 is 11.8 Å². The Morgan fingerprint density at radius 1 is 1.58 bits per heavy atom. The molecular weight excluding hydrogens is 168 g/mol. The molecule has 2 nitrogen and oxygen atoms in total. The van der Waals surface area contributed by atoms with Gasteiger partial charge in [-0.3, -0.25) is 0 Å². The molecular formula is C9H8N2S. The molecule has 1 N–H and O–H groups in total. The van der Waals surface area contributed by atoms with Crippen LogP contribution in [0.25, 0.3) is 0 Å². The molecule has 60 valence electrons. The molecule has 0 unspecified atom stereocenters. The lowest BCUT2D eigenvalue weighted by Gasteiger charge is -2.19. The summed E-state index contributed by atoms with van der Waals surface area (Å²) in [6, 6.07) is 2.17. The highest BCUT2D eigenvalue weighted by Gasteiger charge is 2.12. The van der Waals surface area contributed by atoms with E-state index in [9.17, 15) is 0 Å². The number of nitriles is 1. The molecule has 0 amide bonds. The Morgan fingerprint density at radius 3 is 3.33 bits per heavy atom. The lowest BCUT2D eigenvalue weighted by molar-refractivity contribution is 0.880. The topological polar surface area (TPSA) is 35.8 Å². The quantitative estimate of drug-likeness (QED) is 0.608. The molecule has 0 aromatic carbocycles. The SMILES string of the molecule is N#CC1=CC2=C(C=CSC2)NC1. The van der Waals surface area contributed by atoms with E-state index in [1.54, 1.807) is 11.8 Å². The van der Waals surface area contributed by atoms with Gasteiger partial charge in [-0.1, -0.05) is 0 Å². The average molecular weight is 176 g/mol. The first kappa shape index (κ1) is 7.51. The third-order valence-electron chi connectivity index (χ3n) is 1.88. The van der Waals surface area contributed by atoms with Gasteiger partial charge in [-0.05, 0) is 23.1 Å². The molecule has 0 spiro atoms. The third-order valence-corrected chi connectivity index (χ3v) is 2.68. The summed E-state index contributed by atoms with van der Waals surface area (Å²) in [5.74, 6) is 0.976. The Morgan fingerprint density at radius 2 is 2.50 bits per heavy atom. The zero-order valence-corrected chi connectivity index (χ0v) is 7.32. The largest absolute Gasteiger partial charge is 0.380 e. The normalized spacial score (nSPS) is 20.8. The van der Waals surface area contributed by atoms with E-state index < -0.39 is 0 Å². The summed E-state index contributed by atoms with van der Waals surface area (Å²) in [6.07, 6.45) is 4.05. The summed E-state index contributed by atoms with van der Waals surface area (Å²) in [4.78, 5) is 0. The molecule has 0 radical (unpaired) electrons. The predicted octanol–water partition coefficient (Wildman–Crippen LogP) is 1.55. The fourth-order valence-electron chi connectivity index (χ4n) is 1.25. The van der Waals surface area contributed by atoms with E-state index >= 15 is 0 Å². The summed E-state index contributed by atoms with van der Waals surface area (Å²) in [5.41, 5.74) is 3.24. The van der Waals surface area contributed by atoms with E-state index in [4.69, 9.17) is 5.26 Å². The fourth-order valence-corrected chi connectivity index (χ4v) is 2.00. The minimum atomic E-state index is 0.671. The van der Waals surface area contributed by atoms with Crippen LogP contribution in [0.2, 0.25) is 0 Å². The van der Waals surface area contributed by atoms with Crippen LogP contribution in [0.5, 0.6) is 0 Å². The Kier molecular flexibility index (Phi) is 1.92. The van der Waals surface area contributed by atoms with Gasteiger partial charge in [0.05, 0.1) is 12.6 Å². The van der Waals surface area contributed by atoms with E-state index in [2.05, 4.69) is 22.9 Å². The predicted molar refractivity (Wildman–Crippen MR) is 50.3 cm³/mol. The lowest BCUT2D eigenvalue weighted by Crippen LogP contribution is -2.22. The molecule has 2 aliphatic rings. The van der Waals surface area contributed by atoms with E-state index in [1.807, 2.05) is 6.08 Å². The maximum atomic E-state index is 8.68. The Balaban J connectivity index is 2.34. The van der Waals surface area contributed by atoms with Crippen molar-refractivity contribution in [2.45, 2.75) is 0 Å². The van der Waals surface area contributed by atoms with Gasteiger partial charge in [-0.25, -0.2) is 0 Å². The van der Waals surface area contributed by atoms with Crippen LogP contribution in [0.15, 0.2) is 34.4 Å². The number of rotatable bonds is 0. The molecule has 12 heavy (non-hydrogen) atoms. The molecule has 0 aromatic heterocycles. The van der Waals surface area contributed by atoms with E-state index in [0.717, 1.165) is 11.3 Å². The zero-order valence-electron chi connectivity index (χ0n) is 6.50. The van der Waals surface area contributed by atoms with Crippen molar-refractivity contribution < 1.29 is 0 Å². The summed E-state index contributed by atoms with van der Waals surface area (Å²) in [6.45, 7) is 0.671. The standard InChI is InChI=1S/C9H8N2S/c10-4-7-3-8-6-12-2-1-9(8)11-5-7/h1-3,11H,5-6H2. The van der Waals surface area contributed by atoms with Crippen molar-refractivity contribution in [1.29, 1.82) is 5.26 Å². The van der Waals surface area contributed by atoms with Crippen LogP contribution in [0.4, 0.5) is 0 Å². The van der Waals surface area contributed by atoms with Crippen LogP contribution in [-0.4, -0.2) is 12.3 Å². The van der Waals surface area contributed by atoms with Gasteiger partial charge in [-0.15, -0.1) is 11.8 Å². The van der Waals surface area contributed by atoms with Crippen molar-refractivity contribution in [1.82, 2.24) is 5.32 Å². The van der Waals surface area contributed by atoms with Crippen LogP contribution in [0.1, 0.15) is 0 Å². The Hall–Kier alpha value is -1.14. The first-order chi connectivity index (χ1) is 5.90. The number of dihydropyridines is 1. The Labute approximate surface area is 75.6 Å². The highest BCUT2D eigenvalue weighted by atomic mass is 32.2. The van der Waals surface area contributed by atoms with Gasteiger partial charge < -0.3 is 5.32 Å². The molecule has 2 rings (SSSR count). The molecule has 0 aliphatic carbocycles. The summed E-state index contributed by atoms with van der Waals surface area (Å²) >= 11 is 1.76. The molecule has 0 bridgehead atoms. The van der Waals surface area contributed by atoms with Crippen LogP contribution in [0.3, 0.4) is 0 Å². The maximum absolute atomic E-state index is 8.68. The van der Waals surface area contributed by atoms with Crippen LogP contribution < -0.4 is 5.32 Å². The van der Waals surface area contributed by atoms with Crippen molar-refractivity contribution in [2.75, 3.05) is 12.3 Å². The van der Waals surface area contributed by atoms with Gasteiger partial charge >= 0.3 is 0 Å². The second-order valence-corrected chi connectivity index (χ2v) is 3.58. The van der Waals surface area contributed by atoms with Gasteiger partial charge in [0.2, 0.25) is 0 Å². The van der Waals surface area contributed by atoms with Crippen LogP contribution in [-0.2, 0) is 0 Å². The van der Waals surface area contributed by atoms with Gasteiger partial charge in [0.25, 0.3) is 0 Å². The third kappa shape index (κ3) is 1.26. The number of nitrogens with one attached hydrogen (secondary N) is 1. The highest BCUT2D eigenvalue weighted by Crippen LogP contribution is 2.23. The molecule has 0 saturated carbocycles. The second kappa shape index (κ2) is 3.08. The molecule has 3 heteroatoms. The van der Waals surface area contributed by atoms with Gasteiger partial charge in [0.1, 0.15) is 0 Å². The molecule has 0 saturated heterocycles. The molecule has 2 heterocycles. The minimum Gasteiger partial charge on any atom is -0.380 e. The number of hydrogen-bond donors (Lipinski definition) is 1. The fraction of sp³-hybridized carbons (Fsp3) is 0.222. The smallest absolute Gasteiger partial charge is 0.0966 e. The minimum absolute atomic E-state index is 0.671. The van der Waals surface area contributed by atoms with Gasteiger partial charge in [0, 0.05) is 17.0 Å². The summed E-state index contributed by atoms with van der Waals surface area (Å²) in [5, 5.41) is 14.0. The molecule has 0 fully saturated rings. The zero-order chi connectivity index (χ0) is 8.39. The first-order valence-corrected chi connectivity index (χ1v) is 4.81. The van der Waals surface area contributed by atoms with E-state index in [-0.39, 0.29) is 0 Å². The summed E-state index contributed by atoms with van der Waals surface area (Å²) in [7, 11) is 0. The molecule has 0 aromatic rings. The summed E-state index contributed by atoms with van der Waals surface area (Å²) < 4.78 is 0. The average Bonchev–Trinajstić information content (AvgIpc) is 2.17. The number of thioether (sulfide) groups is 1. The Bertz CT molecular complexity index is 331. The van der Waals surface area contributed by atoms with Gasteiger partial charge in [-0.2, -0.15) is 5.26 Å². The maximum Gasteiger partial charge on any atom is 0.0966 e. The second-order valence-electron chi connectivity index (χ2n) is 2.69. The number of nitrogens with zero attached hydrogens (tertiary/aromatic N) is 1. The monoisotopic (exact) mass is 176 g/mol. The number of hydrogen-bond acceptors (Lipinski definition) is 3. The van der Waals surface area contributed by atoms with E-state index in [0.29, 0.717) is 6.54 Å². The van der Waals surface area contributed by atoms with Crippen molar-refractivity contribution in [3.63, 3.8) is 0 Å². The van der Waals surface area contributed by atoms with E-state index in [1.165, 1.54) is 11.3 Å². The van der Waals surface area contributed by atoms with Crippen molar-refractivity contribution in [2.24, 2.45) is 0 Å². The molecule has 2 aliphatic heterocycles. The van der Waals surface area contributed by atoms with Gasteiger partial charge in [0.15, 0.2) is 0 Å². The van der Waals surface area contributed by atoms with Crippen molar-refractivity contribution in [3.8, 4) is 6.07 Å². The molecule has 0 atom stereocenters. The number of allylic oxidation sites excluding steroid dienone is 2.